The molecule has 1 aliphatic heterocycles. The molecule has 3 rings (SSSR count). The van der Waals surface area contributed by atoms with Crippen molar-refractivity contribution >= 4 is 11.3 Å². The summed E-state index contributed by atoms with van der Waals surface area (Å²) in [5, 5.41) is 8.45. The van der Waals surface area contributed by atoms with E-state index in [-0.39, 0.29) is 0 Å². The van der Waals surface area contributed by atoms with Gasteiger partial charge in [-0.05, 0) is 54.5 Å². The molecule has 118 valence electrons. The number of hydrogen-bond donors (Lipinski definition) is 1. The molecule has 0 radical (unpaired) electrons. The van der Waals surface area contributed by atoms with Crippen molar-refractivity contribution in [1.82, 2.24) is 10.2 Å². The van der Waals surface area contributed by atoms with Crippen molar-refractivity contribution in [1.29, 1.82) is 0 Å². The molecule has 2 aliphatic rings. The van der Waals surface area contributed by atoms with Crippen molar-refractivity contribution in [2.75, 3.05) is 13.1 Å². The summed E-state index contributed by atoms with van der Waals surface area (Å²) in [6.45, 7) is 9.61. The molecule has 1 N–H and O–H groups in total. The van der Waals surface area contributed by atoms with Gasteiger partial charge in [-0.2, -0.15) is 11.3 Å². The Labute approximate surface area is 133 Å². The predicted octanol–water partition coefficient (Wildman–Crippen LogP) is 3.92. The van der Waals surface area contributed by atoms with E-state index >= 15 is 0 Å². The average molecular weight is 307 g/mol. The SMILES string of the molecule is CC(C)C1CNC2(CCCC2)CN1C(C)Cc1ccsc1. The smallest absolute Gasteiger partial charge is 0.0309 e. The molecule has 2 fully saturated rings. The van der Waals surface area contributed by atoms with Gasteiger partial charge < -0.3 is 5.32 Å². The fourth-order valence-corrected chi connectivity index (χ4v) is 5.00. The van der Waals surface area contributed by atoms with Crippen LogP contribution in [-0.2, 0) is 6.42 Å². The van der Waals surface area contributed by atoms with Crippen LogP contribution in [0.2, 0.25) is 0 Å². The molecule has 1 aliphatic carbocycles. The highest BCUT2D eigenvalue weighted by Gasteiger charge is 2.42. The van der Waals surface area contributed by atoms with Crippen LogP contribution in [0.5, 0.6) is 0 Å². The Morgan fingerprint density at radius 3 is 2.71 bits per heavy atom. The van der Waals surface area contributed by atoms with E-state index in [4.69, 9.17) is 0 Å². The second kappa shape index (κ2) is 6.39. The summed E-state index contributed by atoms with van der Waals surface area (Å²) in [5.74, 6) is 0.723. The second-order valence-corrected chi connectivity index (χ2v) is 8.32. The van der Waals surface area contributed by atoms with E-state index in [1.54, 1.807) is 0 Å². The van der Waals surface area contributed by atoms with E-state index in [1.165, 1.54) is 50.8 Å². The monoisotopic (exact) mass is 306 g/mol. The molecule has 0 aromatic carbocycles. The molecule has 2 heterocycles. The van der Waals surface area contributed by atoms with Crippen molar-refractivity contribution in [3.63, 3.8) is 0 Å². The first-order valence-corrected chi connectivity index (χ1v) is 9.56. The Balaban J connectivity index is 1.73. The highest BCUT2D eigenvalue weighted by molar-refractivity contribution is 7.07. The Kier molecular flexibility index (Phi) is 4.72. The molecule has 1 aromatic rings. The summed E-state index contributed by atoms with van der Waals surface area (Å²) in [7, 11) is 0. The van der Waals surface area contributed by atoms with E-state index in [0.29, 0.717) is 17.6 Å². The van der Waals surface area contributed by atoms with Crippen LogP contribution in [0, 0.1) is 5.92 Å². The van der Waals surface area contributed by atoms with Crippen LogP contribution in [-0.4, -0.2) is 35.6 Å². The highest BCUT2D eigenvalue weighted by Crippen LogP contribution is 2.35. The molecule has 2 atom stereocenters. The molecule has 2 unspecified atom stereocenters. The van der Waals surface area contributed by atoms with Crippen molar-refractivity contribution in [2.45, 2.75) is 70.5 Å². The number of nitrogens with one attached hydrogen (secondary N) is 1. The van der Waals surface area contributed by atoms with Gasteiger partial charge in [0.05, 0.1) is 0 Å². The van der Waals surface area contributed by atoms with Gasteiger partial charge in [-0.25, -0.2) is 0 Å². The Morgan fingerprint density at radius 2 is 2.10 bits per heavy atom. The maximum absolute atomic E-state index is 3.93. The van der Waals surface area contributed by atoms with Gasteiger partial charge in [-0.3, -0.25) is 4.90 Å². The Hall–Kier alpha value is -0.380. The summed E-state index contributed by atoms with van der Waals surface area (Å²) in [6, 6.07) is 3.62. The minimum absolute atomic E-state index is 0.425. The number of hydrogen-bond acceptors (Lipinski definition) is 3. The standard InChI is InChI=1S/C18H30N2S/c1-14(2)17-11-19-18(7-4-5-8-18)13-20(17)15(3)10-16-6-9-21-12-16/h6,9,12,14-15,17,19H,4-5,7-8,10-11,13H2,1-3H3. The molecule has 1 saturated heterocycles. The molecule has 3 heteroatoms. The van der Waals surface area contributed by atoms with Crippen LogP contribution >= 0.6 is 11.3 Å². The third-order valence-corrected chi connectivity index (χ3v) is 6.34. The van der Waals surface area contributed by atoms with E-state index < -0.39 is 0 Å². The molecule has 0 bridgehead atoms. The average Bonchev–Trinajstić information content (AvgIpc) is 3.11. The van der Waals surface area contributed by atoms with Crippen molar-refractivity contribution < 1.29 is 0 Å². The lowest BCUT2D eigenvalue weighted by Crippen LogP contribution is -2.66. The zero-order valence-electron chi connectivity index (χ0n) is 13.8. The van der Waals surface area contributed by atoms with E-state index in [2.05, 4.69) is 47.8 Å². The Bertz CT molecular complexity index is 434. The summed E-state index contributed by atoms with van der Waals surface area (Å²) >= 11 is 1.82. The highest BCUT2D eigenvalue weighted by atomic mass is 32.1. The van der Waals surface area contributed by atoms with E-state index in [1.807, 2.05) is 11.3 Å². The molecule has 21 heavy (non-hydrogen) atoms. The topological polar surface area (TPSA) is 15.3 Å². The molecule has 1 aromatic heterocycles. The molecule has 1 spiro atoms. The quantitative estimate of drug-likeness (QED) is 0.907. The maximum Gasteiger partial charge on any atom is 0.0309 e. The zero-order valence-corrected chi connectivity index (χ0v) is 14.6. The molecular formula is C18H30N2S. The lowest BCUT2D eigenvalue weighted by Gasteiger charge is -2.50. The number of nitrogens with zero attached hydrogens (tertiary/aromatic N) is 1. The van der Waals surface area contributed by atoms with E-state index in [0.717, 1.165) is 5.92 Å². The van der Waals surface area contributed by atoms with Crippen LogP contribution in [0.15, 0.2) is 16.8 Å². The largest absolute Gasteiger partial charge is 0.308 e. The minimum atomic E-state index is 0.425. The number of piperazine rings is 1. The van der Waals surface area contributed by atoms with Crippen LogP contribution in [0.1, 0.15) is 52.0 Å². The van der Waals surface area contributed by atoms with Crippen LogP contribution in [0.4, 0.5) is 0 Å². The first-order chi connectivity index (χ1) is 10.1. The lowest BCUT2D eigenvalue weighted by atomic mass is 9.87. The summed E-state index contributed by atoms with van der Waals surface area (Å²) in [4.78, 5) is 2.82. The molecule has 0 amide bonds. The molecule has 2 nitrogen and oxygen atoms in total. The van der Waals surface area contributed by atoms with Gasteiger partial charge in [0.25, 0.3) is 0 Å². The van der Waals surface area contributed by atoms with Crippen LogP contribution in [0.3, 0.4) is 0 Å². The normalized spacial score (nSPS) is 27.5. The maximum atomic E-state index is 3.93. The first-order valence-electron chi connectivity index (χ1n) is 8.61. The third kappa shape index (κ3) is 3.35. The predicted molar refractivity (Wildman–Crippen MR) is 92.0 cm³/mol. The molecule has 1 saturated carbocycles. The van der Waals surface area contributed by atoms with Gasteiger partial charge in [-0.1, -0.05) is 26.7 Å². The summed E-state index contributed by atoms with van der Waals surface area (Å²) in [5.41, 5.74) is 1.93. The van der Waals surface area contributed by atoms with Gasteiger partial charge >= 0.3 is 0 Å². The van der Waals surface area contributed by atoms with Crippen molar-refractivity contribution in [3.8, 4) is 0 Å². The Morgan fingerprint density at radius 1 is 1.33 bits per heavy atom. The lowest BCUT2D eigenvalue weighted by molar-refractivity contribution is 0.0275. The van der Waals surface area contributed by atoms with Crippen LogP contribution in [0.25, 0.3) is 0 Å². The van der Waals surface area contributed by atoms with Gasteiger partial charge in [0, 0.05) is 30.7 Å². The first kappa shape index (κ1) is 15.5. The minimum Gasteiger partial charge on any atom is -0.308 e. The molecular weight excluding hydrogens is 276 g/mol. The fourth-order valence-electron chi connectivity index (χ4n) is 4.32. The van der Waals surface area contributed by atoms with Crippen molar-refractivity contribution in [3.05, 3.63) is 22.4 Å². The number of thiophene rings is 1. The van der Waals surface area contributed by atoms with Gasteiger partial charge in [-0.15, -0.1) is 0 Å². The third-order valence-electron chi connectivity index (χ3n) is 5.60. The number of rotatable bonds is 4. The zero-order chi connectivity index (χ0) is 14.9. The summed E-state index contributed by atoms with van der Waals surface area (Å²) in [6.07, 6.45) is 6.76. The van der Waals surface area contributed by atoms with Crippen LogP contribution < -0.4 is 5.32 Å². The fraction of sp³-hybridized carbons (Fsp3) is 0.778. The van der Waals surface area contributed by atoms with Gasteiger partial charge in [0.15, 0.2) is 0 Å². The summed E-state index contributed by atoms with van der Waals surface area (Å²) < 4.78 is 0. The van der Waals surface area contributed by atoms with Crippen molar-refractivity contribution in [2.24, 2.45) is 5.92 Å². The van der Waals surface area contributed by atoms with E-state index in [9.17, 15) is 0 Å². The van der Waals surface area contributed by atoms with Gasteiger partial charge in [0.2, 0.25) is 0 Å². The van der Waals surface area contributed by atoms with Gasteiger partial charge in [0.1, 0.15) is 0 Å². The second-order valence-electron chi connectivity index (χ2n) is 7.54.